The first-order valence-corrected chi connectivity index (χ1v) is 9.98. The zero-order valence-corrected chi connectivity index (χ0v) is 16.5. The number of benzene rings is 1. The predicted molar refractivity (Wildman–Crippen MR) is 108 cm³/mol. The lowest BCUT2D eigenvalue weighted by Gasteiger charge is -2.33. The SMILES string of the molecule is Cc1nc(CC2CCN(C(=O)N[C@@H](c3ccccc3)c3ccncc3)CC2)no1. The first-order chi connectivity index (χ1) is 14.2. The largest absolute Gasteiger partial charge is 0.340 e. The number of aromatic nitrogens is 3. The lowest BCUT2D eigenvalue weighted by Crippen LogP contribution is -2.46. The molecule has 2 amide bonds. The summed E-state index contributed by atoms with van der Waals surface area (Å²) in [6.07, 6.45) is 6.18. The molecule has 0 bridgehead atoms. The smallest absolute Gasteiger partial charge is 0.318 e. The zero-order valence-electron chi connectivity index (χ0n) is 16.5. The molecule has 0 spiro atoms. The van der Waals surface area contributed by atoms with Gasteiger partial charge in [-0.25, -0.2) is 4.79 Å². The summed E-state index contributed by atoms with van der Waals surface area (Å²) in [7, 11) is 0. The molecule has 1 aliphatic rings. The van der Waals surface area contributed by atoms with E-state index in [0.29, 0.717) is 11.8 Å². The number of carbonyl (C=O) groups excluding carboxylic acids is 1. The highest BCUT2D eigenvalue weighted by Crippen LogP contribution is 2.24. The maximum atomic E-state index is 13.0. The summed E-state index contributed by atoms with van der Waals surface area (Å²) in [5, 5.41) is 7.19. The van der Waals surface area contributed by atoms with E-state index in [1.54, 1.807) is 19.3 Å². The third kappa shape index (κ3) is 4.80. The second-order valence-corrected chi connectivity index (χ2v) is 7.44. The number of pyridine rings is 1. The van der Waals surface area contributed by atoms with Crippen LogP contribution in [-0.2, 0) is 6.42 Å². The normalized spacial score (nSPS) is 15.8. The van der Waals surface area contributed by atoms with Gasteiger partial charge in [-0.3, -0.25) is 4.98 Å². The number of amides is 2. The summed E-state index contributed by atoms with van der Waals surface area (Å²) in [5.41, 5.74) is 2.07. The minimum Gasteiger partial charge on any atom is -0.340 e. The maximum absolute atomic E-state index is 13.0. The number of carbonyl (C=O) groups is 1. The van der Waals surface area contributed by atoms with E-state index in [1.807, 2.05) is 47.4 Å². The Labute approximate surface area is 170 Å². The van der Waals surface area contributed by atoms with Crippen molar-refractivity contribution in [2.24, 2.45) is 5.92 Å². The van der Waals surface area contributed by atoms with Gasteiger partial charge < -0.3 is 14.7 Å². The molecule has 1 atom stereocenters. The Kier molecular flexibility index (Phi) is 5.84. The average molecular weight is 391 g/mol. The molecule has 0 unspecified atom stereocenters. The molecular formula is C22H25N5O2. The number of hydrogen-bond acceptors (Lipinski definition) is 5. The van der Waals surface area contributed by atoms with Crippen LogP contribution in [0.4, 0.5) is 4.79 Å². The molecule has 4 rings (SSSR count). The number of urea groups is 1. The summed E-state index contributed by atoms with van der Waals surface area (Å²) in [5.74, 6) is 1.83. The van der Waals surface area contributed by atoms with Gasteiger partial charge in [0, 0.05) is 38.8 Å². The van der Waals surface area contributed by atoms with Crippen molar-refractivity contribution >= 4 is 6.03 Å². The molecule has 0 aliphatic carbocycles. The number of aryl methyl sites for hydroxylation is 1. The van der Waals surface area contributed by atoms with Crippen LogP contribution in [0.1, 0.15) is 41.7 Å². The highest BCUT2D eigenvalue weighted by atomic mass is 16.5. The molecular weight excluding hydrogens is 366 g/mol. The van der Waals surface area contributed by atoms with Gasteiger partial charge in [-0.1, -0.05) is 35.5 Å². The first kappa shape index (κ1) is 19.1. The fraction of sp³-hybridized carbons (Fsp3) is 0.364. The van der Waals surface area contributed by atoms with Crippen molar-refractivity contribution in [2.75, 3.05) is 13.1 Å². The minimum absolute atomic E-state index is 0.0375. The Hall–Kier alpha value is -3.22. The lowest BCUT2D eigenvalue weighted by atomic mass is 9.93. The van der Waals surface area contributed by atoms with Gasteiger partial charge in [-0.15, -0.1) is 0 Å². The molecule has 7 heteroatoms. The summed E-state index contributed by atoms with van der Waals surface area (Å²) in [6, 6.07) is 13.7. The standard InChI is InChI=1S/C22H25N5O2/c1-16-24-20(26-29-16)15-17-9-13-27(14-10-17)22(28)25-21(18-5-3-2-4-6-18)19-7-11-23-12-8-19/h2-8,11-12,17,21H,9-10,13-15H2,1H3,(H,25,28)/t21-/m0/s1. The highest BCUT2D eigenvalue weighted by Gasteiger charge is 2.26. The molecule has 7 nitrogen and oxygen atoms in total. The summed E-state index contributed by atoms with van der Waals surface area (Å²) in [6.45, 7) is 3.26. The van der Waals surface area contributed by atoms with E-state index in [2.05, 4.69) is 20.4 Å². The predicted octanol–water partition coefficient (Wildman–Crippen LogP) is 3.53. The van der Waals surface area contributed by atoms with Gasteiger partial charge in [0.25, 0.3) is 0 Å². The number of piperidine rings is 1. The number of hydrogen-bond donors (Lipinski definition) is 1. The van der Waals surface area contributed by atoms with Gasteiger partial charge in [0.05, 0.1) is 6.04 Å². The Morgan fingerprint density at radius 1 is 1.14 bits per heavy atom. The quantitative estimate of drug-likeness (QED) is 0.719. The van der Waals surface area contributed by atoms with Crippen LogP contribution < -0.4 is 5.32 Å². The van der Waals surface area contributed by atoms with E-state index in [1.165, 1.54) is 0 Å². The van der Waals surface area contributed by atoms with Gasteiger partial charge in [-0.2, -0.15) is 4.98 Å². The maximum Gasteiger partial charge on any atom is 0.318 e. The summed E-state index contributed by atoms with van der Waals surface area (Å²) in [4.78, 5) is 23.3. The van der Waals surface area contributed by atoms with E-state index in [0.717, 1.165) is 49.3 Å². The van der Waals surface area contributed by atoms with E-state index >= 15 is 0 Å². The molecule has 3 heterocycles. The first-order valence-electron chi connectivity index (χ1n) is 9.98. The van der Waals surface area contributed by atoms with Crippen molar-refractivity contribution in [3.8, 4) is 0 Å². The van der Waals surface area contributed by atoms with Crippen molar-refractivity contribution in [3.63, 3.8) is 0 Å². The van der Waals surface area contributed by atoms with Crippen LogP contribution in [0.25, 0.3) is 0 Å². The van der Waals surface area contributed by atoms with E-state index in [9.17, 15) is 4.79 Å². The van der Waals surface area contributed by atoms with Crippen molar-refractivity contribution in [2.45, 2.75) is 32.2 Å². The molecule has 150 valence electrons. The van der Waals surface area contributed by atoms with Crippen molar-refractivity contribution in [3.05, 3.63) is 77.7 Å². The van der Waals surface area contributed by atoms with Crippen molar-refractivity contribution in [1.29, 1.82) is 0 Å². The highest BCUT2D eigenvalue weighted by molar-refractivity contribution is 5.75. The Bertz CT molecular complexity index is 881. The molecule has 29 heavy (non-hydrogen) atoms. The number of nitrogens with zero attached hydrogens (tertiary/aromatic N) is 4. The number of nitrogens with one attached hydrogen (secondary N) is 1. The molecule has 0 radical (unpaired) electrons. The topological polar surface area (TPSA) is 84.2 Å². The Balaban J connectivity index is 1.38. The summed E-state index contributed by atoms with van der Waals surface area (Å²) < 4.78 is 5.05. The Morgan fingerprint density at radius 3 is 2.48 bits per heavy atom. The third-order valence-corrected chi connectivity index (χ3v) is 5.38. The zero-order chi connectivity index (χ0) is 20.1. The molecule has 2 aromatic heterocycles. The summed E-state index contributed by atoms with van der Waals surface area (Å²) >= 11 is 0. The molecule has 3 aromatic rings. The van der Waals surface area contributed by atoms with Crippen LogP contribution in [0.3, 0.4) is 0 Å². The van der Waals surface area contributed by atoms with Gasteiger partial charge in [0.1, 0.15) is 0 Å². The van der Waals surface area contributed by atoms with Gasteiger partial charge in [-0.05, 0) is 42.0 Å². The third-order valence-electron chi connectivity index (χ3n) is 5.38. The molecule has 1 aromatic carbocycles. The van der Waals surface area contributed by atoms with Gasteiger partial charge in [0.15, 0.2) is 5.82 Å². The van der Waals surface area contributed by atoms with Crippen LogP contribution in [0.5, 0.6) is 0 Å². The number of rotatable bonds is 5. The van der Waals surface area contributed by atoms with Crippen molar-refractivity contribution < 1.29 is 9.32 Å². The lowest BCUT2D eigenvalue weighted by molar-refractivity contribution is 0.167. The molecule has 1 N–H and O–H groups in total. The molecule has 0 saturated carbocycles. The Morgan fingerprint density at radius 2 is 1.83 bits per heavy atom. The monoisotopic (exact) mass is 391 g/mol. The fourth-order valence-electron chi connectivity index (χ4n) is 3.80. The fourth-order valence-corrected chi connectivity index (χ4v) is 3.80. The van der Waals surface area contributed by atoms with E-state index in [-0.39, 0.29) is 12.1 Å². The van der Waals surface area contributed by atoms with E-state index < -0.39 is 0 Å². The number of likely N-dealkylation sites (tertiary alicyclic amines) is 1. The minimum atomic E-state index is -0.202. The second-order valence-electron chi connectivity index (χ2n) is 7.44. The van der Waals surface area contributed by atoms with Crippen LogP contribution in [0.2, 0.25) is 0 Å². The van der Waals surface area contributed by atoms with Crippen LogP contribution in [-0.4, -0.2) is 39.1 Å². The molecule has 1 aliphatic heterocycles. The van der Waals surface area contributed by atoms with Gasteiger partial charge >= 0.3 is 6.03 Å². The molecule has 1 fully saturated rings. The van der Waals surface area contributed by atoms with Gasteiger partial charge in [0.2, 0.25) is 5.89 Å². The van der Waals surface area contributed by atoms with Crippen LogP contribution >= 0.6 is 0 Å². The van der Waals surface area contributed by atoms with E-state index in [4.69, 9.17) is 4.52 Å². The average Bonchev–Trinajstić information content (AvgIpc) is 3.18. The van der Waals surface area contributed by atoms with Crippen LogP contribution in [0.15, 0.2) is 59.4 Å². The van der Waals surface area contributed by atoms with Crippen LogP contribution in [0, 0.1) is 12.8 Å². The molecule has 1 saturated heterocycles. The van der Waals surface area contributed by atoms with Crippen molar-refractivity contribution in [1.82, 2.24) is 25.3 Å². The second kappa shape index (κ2) is 8.86.